The van der Waals surface area contributed by atoms with Crippen LogP contribution in [-0.4, -0.2) is 40.1 Å². The van der Waals surface area contributed by atoms with Crippen molar-refractivity contribution in [3.8, 4) is 11.5 Å². The molecule has 4 rings (SSSR count). The number of nitrogens with zero attached hydrogens (tertiary/aromatic N) is 1. The number of benzene rings is 3. The summed E-state index contributed by atoms with van der Waals surface area (Å²) in [5, 5.41) is 3.23. The number of ether oxygens (including phenoxy) is 2. The van der Waals surface area contributed by atoms with Gasteiger partial charge in [0.25, 0.3) is 15.9 Å². The van der Waals surface area contributed by atoms with Crippen LogP contribution in [-0.2, 0) is 14.8 Å². The van der Waals surface area contributed by atoms with E-state index in [0.29, 0.717) is 22.4 Å². The van der Waals surface area contributed by atoms with E-state index in [2.05, 4.69) is 19.2 Å². The van der Waals surface area contributed by atoms with Crippen molar-refractivity contribution in [2.24, 2.45) is 0 Å². The van der Waals surface area contributed by atoms with Gasteiger partial charge in [0.15, 0.2) is 6.10 Å². The Balaban J connectivity index is 1.45. The predicted octanol–water partition coefficient (Wildman–Crippen LogP) is 4.61. The van der Waals surface area contributed by atoms with Crippen LogP contribution in [0.4, 0.5) is 5.69 Å². The second-order valence-corrected chi connectivity index (χ2v) is 10.7. The molecule has 184 valence electrons. The molecule has 35 heavy (non-hydrogen) atoms. The highest BCUT2D eigenvalue weighted by Crippen LogP contribution is 2.37. The minimum atomic E-state index is -3.94. The minimum absolute atomic E-state index is 0.0787. The summed E-state index contributed by atoms with van der Waals surface area (Å²) in [5.74, 6) is 0.986. The molecule has 1 amide bonds. The Hall–Kier alpha value is -3.23. The van der Waals surface area contributed by atoms with Gasteiger partial charge in [0.1, 0.15) is 18.1 Å². The summed E-state index contributed by atoms with van der Waals surface area (Å²) in [5.41, 5.74) is 1.47. The van der Waals surface area contributed by atoms with E-state index in [1.807, 2.05) is 24.3 Å². The number of carbonyl (C=O) groups excluding carboxylic acids is 1. The smallest absolute Gasteiger partial charge is 0.264 e. The number of carbonyl (C=O) groups is 1. The number of hydrogen-bond donors (Lipinski definition) is 1. The Morgan fingerprint density at radius 3 is 2.51 bits per heavy atom. The Morgan fingerprint density at radius 2 is 1.77 bits per heavy atom. The largest absolute Gasteiger partial charge is 0.491 e. The molecule has 0 fully saturated rings. The molecule has 7 nitrogen and oxygen atoms in total. The van der Waals surface area contributed by atoms with E-state index in [0.717, 1.165) is 11.3 Å². The summed E-state index contributed by atoms with van der Waals surface area (Å²) in [6.45, 7) is 4.53. The maximum atomic E-state index is 13.4. The van der Waals surface area contributed by atoms with E-state index in [4.69, 9.17) is 21.1 Å². The Kier molecular flexibility index (Phi) is 7.52. The molecule has 0 bridgehead atoms. The Morgan fingerprint density at radius 1 is 1.09 bits per heavy atom. The number of sulfonamides is 1. The summed E-state index contributed by atoms with van der Waals surface area (Å²) in [6, 6.07) is 20.4. The molecular weight excluding hydrogens is 488 g/mol. The van der Waals surface area contributed by atoms with Crippen LogP contribution in [0.15, 0.2) is 77.7 Å². The molecule has 1 aliphatic heterocycles. The van der Waals surface area contributed by atoms with Crippen molar-refractivity contribution in [3.63, 3.8) is 0 Å². The van der Waals surface area contributed by atoms with E-state index >= 15 is 0 Å². The van der Waals surface area contributed by atoms with Crippen LogP contribution in [0.5, 0.6) is 11.5 Å². The van der Waals surface area contributed by atoms with Crippen LogP contribution in [0.25, 0.3) is 0 Å². The van der Waals surface area contributed by atoms with Gasteiger partial charge in [-0.05, 0) is 53.9 Å². The number of rotatable bonds is 8. The van der Waals surface area contributed by atoms with E-state index in [1.54, 1.807) is 24.3 Å². The van der Waals surface area contributed by atoms with Crippen LogP contribution in [0.1, 0.15) is 25.3 Å². The summed E-state index contributed by atoms with van der Waals surface area (Å²) >= 11 is 5.93. The van der Waals surface area contributed by atoms with Crippen LogP contribution in [0.3, 0.4) is 0 Å². The lowest BCUT2D eigenvalue weighted by Gasteiger charge is -2.34. The quantitative estimate of drug-likeness (QED) is 0.443. The molecule has 0 radical (unpaired) electrons. The highest BCUT2D eigenvalue weighted by atomic mass is 35.5. The van der Waals surface area contributed by atoms with Crippen molar-refractivity contribution in [1.29, 1.82) is 0 Å². The molecule has 9 heteroatoms. The zero-order valence-corrected chi connectivity index (χ0v) is 21.1. The number of hydrogen-bond acceptors (Lipinski definition) is 5. The van der Waals surface area contributed by atoms with Gasteiger partial charge < -0.3 is 14.8 Å². The van der Waals surface area contributed by atoms with Gasteiger partial charge in [0.2, 0.25) is 0 Å². The SMILES string of the molecule is CC(C)c1ccccc1OCCNC(=O)[C@H]1CN(S(=O)(=O)c2ccc(Cl)cc2)c2ccccc2O1. The average molecular weight is 515 g/mol. The number of nitrogens with one attached hydrogen (secondary N) is 1. The van der Waals surface area contributed by atoms with Gasteiger partial charge in [0, 0.05) is 5.02 Å². The Labute approximate surface area is 210 Å². The first-order valence-corrected chi connectivity index (χ1v) is 13.1. The highest BCUT2D eigenvalue weighted by molar-refractivity contribution is 7.92. The topological polar surface area (TPSA) is 84.9 Å². The number of anilines is 1. The van der Waals surface area contributed by atoms with E-state index in [9.17, 15) is 13.2 Å². The molecule has 0 saturated heterocycles. The first kappa shape index (κ1) is 24.9. The third kappa shape index (κ3) is 5.55. The summed E-state index contributed by atoms with van der Waals surface area (Å²) in [6.07, 6.45) is -1.02. The molecule has 0 spiro atoms. The fourth-order valence-electron chi connectivity index (χ4n) is 3.84. The number of amides is 1. The van der Waals surface area contributed by atoms with Crippen molar-refractivity contribution in [2.45, 2.75) is 30.8 Å². The second kappa shape index (κ2) is 10.6. The number of para-hydroxylation sites is 3. The summed E-state index contributed by atoms with van der Waals surface area (Å²) in [7, 11) is -3.94. The zero-order chi connectivity index (χ0) is 25.0. The molecule has 3 aromatic rings. The molecule has 0 saturated carbocycles. The molecular formula is C26H27ClN2O5S. The Bertz CT molecular complexity index is 1300. The second-order valence-electron chi connectivity index (χ2n) is 8.40. The van der Waals surface area contributed by atoms with Gasteiger partial charge in [-0.15, -0.1) is 0 Å². The van der Waals surface area contributed by atoms with E-state index in [1.165, 1.54) is 28.6 Å². The van der Waals surface area contributed by atoms with Gasteiger partial charge in [-0.1, -0.05) is 55.8 Å². The van der Waals surface area contributed by atoms with Crippen LogP contribution in [0.2, 0.25) is 5.02 Å². The highest BCUT2D eigenvalue weighted by Gasteiger charge is 2.37. The van der Waals surface area contributed by atoms with Gasteiger partial charge in [-0.25, -0.2) is 8.42 Å². The van der Waals surface area contributed by atoms with Crippen LogP contribution in [0, 0.1) is 0 Å². The maximum Gasteiger partial charge on any atom is 0.264 e. The van der Waals surface area contributed by atoms with Crippen LogP contribution < -0.4 is 19.1 Å². The first-order chi connectivity index (χ1) is 16.8. The number of halogens is 1. The van der Waals surface area contributed by atoms with Crippen molar-refractivity contribution < 1.29 is 22.7 Å². The van der Waals surface area contributed by atoms with Crippen molar-refractivity contribution >= 4 is 33.2 Å². The fourth-order valence-corrected chi connectivity index (χ4v) is 5.44. The molecule has 3 aromatic carbocycles. The van der Waals surface area contributed by atoms with E-state index in [-0.39, 0.29) is 24.6 Å². The molecule has 1 heterocycles. The number of fused-ring (bicyclic) bond motifs is 1. The standard InChI is InChI=1S/C26H27ClN2O5S/c1-18(2)21-7-3-5-9-23(21)33-16-15-28-26(30)25-17-29(22-8-4-6-10-24(22)34-25)35(31,32)20-13-11-19(27)12-14-20/h3-14,18,25H,15-17H2,1-2H3,(H,28,30)/t25-/m1/s1. The van der Waals surface area contributed by atoms with Crippen molar-refractivity contribution in [1.82, 2.24) is 5.32 Å². The first-order valence-electron chi connectivity index (χ1n) is 11.3. The summed E-state index contributed by atoms with van der Waals surface area (Å²) in [4.78, 5) is 13.0. The lowest BCUT2D eigenvalue weighted by molar-refractivity contribution is -0.127. The zero-order valence-electron chi connectivity index (χ0n) is 19.5. The molecule has 0 aliphatic carbocycles. The van der Waals surface area contributed by atoms with Gasteiger partial charge in [0.05, 0.1) is 23.7 Å². The third-order valence-electron chi connectivity index (χ3n) is 5.63. The monoisotopic (exact) mass is 514 g/mol. The minimum Gasteiger partial charge on any atom is -0.491 e. The molecule has 1 aliphatic rings. The van der Waals surface area contributed by atoms with Crippen LogP contribution >= 0.6 is 11.6 Å². The molecule has 0 aromatic heterocycles. The molecule has 1 N–H and O–H groups in total. The van der Waals surface area contributed by atoms with Gasteiger partial charge >= 0.3 is 0 Å². The van der Waals surface area contributed by atoms with Crippen molar-refractivity contribution in [2.75, 3.05) is 24.0 Å². The maximum absolute atomic E-state index is 13.4. The normalized spacial score (nSPS) is 15.3. The van der Waals surface area contributed by atoms with Gasteiger partial charge in [-0.2, -0.15) is 0 Å². The lowest BCUT2D eigenvalue weighted by atomic mass is 10.0. The van der Waals surface area contributed by atoms with Crippen molar-refractivity contribution in [3.05, 3.63) is 83.4 Å². The summed E-state index contributed by atoms with van der Waals surface area (Å²) < 4.78 is 39.7. The van der Waals surface area contributed by atoms with E-state index < -0.39 is 22.0 Å². The molecule has 1 atom stereocenters. The third-order valence-corrected chi connectivity index (χ3v) is 7.67. The fraction of sp³-hybridized carbons (Fsp3) is 0.269. The predicted molar refractivity (Wildman–Crippen MR) is 136 cm³/mol. The van der Waals surface area contributed by atoms with Gasteiger partial charge in [-0.3, -0.25) is 9.10 Å². The average Bonchev–Trinajstić information content (AvgIpc) is 2.86. The lowest BCUT2D eigenvalue weighted by Crippen LogP contribution is -2.51. The molecule has 0 unspecified atom stereocenters.